The zero-order valence-corrected chi connectivity index (χ0v) is 29.8. The van der Waals surface area contributed by atoms with Gasteiger partial charge in [0.1, 0.15) is 0 Å². The van der Waals surface area contributed by atoms with Crippen LogP contribution in [0.4, 0.5) is 0 Å². The van der Waals surface area contributed by atoms with E-state index in [1.807, 2.05) is 37.8 Å². The van der Waals surface area contributed by atoms with Crippen LogP contribution in [-0.4, -0.2) is 75.7 Å². The highest BCUT2D eigenvalue weighted by Crippen LogP contribution is 2.46. The predicted molar refractivity (Wildman–Crippen MR) is 179 cm³/mol. The van der Waals surface area contributed by atoms with Crippen molar-refractivity contribution < 1.29 is 14.4 Å². The molecule has 2 saturated heterocycles. The van der Waals surface area contributed by atoms with Crippen molar-refractivity contribution in [1.82, 2.24) is 20.0 Å². The molecule has 3 aliphatic rings. The Hall–Kier alpha value is -1.83. The van der Waals surface area contributed by atoms with Gasteiger partial charge in [0, 0.05) is 59.6 Å². The minimum atomic E-state index is -0.535. The fraction of sp³-hybridized carbons (Fsp3) is 0.743. The maximum Gasteiger partial charge on any atom is 0.228 e. The van der Waals surface area contributed by atoms with Gasteiger partial charge in [0.15, 0.2) is 0 Å². The number of likely N-dealkylation sites (tertiary alicyclic amines) is 2. The summed E-state index contributed by atoms with van der Waals surface area (Å²) in [5.74, 6) is -0.221. The molecule has 3 fully saturated rings. The fourth-order valence-electron chi connectivity index (χ4n) is 7.64. The quantitative estimate of drug-likeness (QED) is 0.357. The number of carbonyl (C=O) groups is 3. The molecule has 1 N–H and O–H groups in total. The summed E-state index contributed by atoms with van der Waals surface area (Å²) in [6, 6.07) is 5.20. The maximum absolute atomic E-state index is 14.7. The monoisotopic (exact) mass is 648 g/mol. The molecule has 9 heteroatoms. The topological polar surface area (TPSA) is 73.0 Å². The lowest BCUT2D eigenvalue weighted by atomic mass is 9.74. The van der Waals surface area contributed by atoms with Crippen LogP contribution < -0.4 is 5.32 Å². The van der Waals surface area contributed by atoms with E-state index in [-0.39, 0.29) is 58.8 Å². The highest BCUT2D eigenvalue weighted by molar-refractivity contribution is 6.35. The highest BCUT2D eigenvalue weighted by atomic mass is 35.5. The lowest BCUT2D eigenvalue weighted by Gasteiger charge is -2.45. The predicted octanol–water partition coefficient (Wildman–Crippen LogP) is 7.10. The van der Waals surface area contributed by atoms with E-state index in [1.165, 1.54) is 6.92 Å². The molecule has 1 unspecified atom stereocenters. The highest BCUT2D eigenvalue weighted by Gasteiger charge is 2.50. The van der Waals surface area contributed by atoms with Crippen LogP contribution in [0.5, 0.6) is 0 Å². The number of carbonyl (C=O) groups excluding carboxylic acids is 3. The molecule has 0 spiro atoms. The number of nitrogens with zero attached hydrogens (tertiary/aromatic N) is 3. The molecule has 1 aromatic carbocycles. The summed E-state index contributed by atoms with van der Waals surface area (Å²) < 4.78 is 0. The Morgan fingerprint density at radius 3 is 2.18 bits per heavy atom. The SMILES string of the molecule is CC(=O)NC[C@@H]1C[C@H](N(C(=O)C(C)(C)C)C2CCC(C)(C)CC2)CN1C(=O)[C@H]1CCN(C(C)(C)C)C1c1ccc(Cl)cc1Cl. The molecule has 2 aliphatic heterocycles. The van der Waals surface area contributed by atoms with E-state index in [1.54, 1.807) is 6.07 Å². The van der Waals surface area contributed by atoms with Gasteiger partial charge in [-0.25, -0.2) is 0 Å². The second kappa shape index (κ2) is 13.1. The number of hydrogen-bond donors (Lipinski definition) is 1. The number of halogens is 2. The number of hydrogen-bond acceptors (Lipinski definition) is 4. The average molecular weight is 650 g/mol. The maximum atomic E-state index is 14.7. The Labute approximate surface area is 275 Å². The van der Waals surface area contributed by atoms with Crippen molar-refractivity contribution in [1.29, 1.82) is 0 Å². The first-order chi connectivity index (χ1) is 20.3. The zero-order chi connectivity index (χ0) is 32.8. The van der Waals surface area contributed by atoms with E-state index in [0.29, 0.717) is 36.0 Å². The van der Waals surface area contributed by atoms with Crippen molar-refractivity contribution in [2.75, 3.05) is 19.6 Å². The Morgan fingerprint density at radius 1 is 1.00 bits per heavy atom. The zero-order valence-electron chi connectivity index (χ0n) is 28.3. The molecule has 0 aromatic heterocycles. The van der Waals surface area contributed by atoms with Gasteiger partial charge >= 0.3 is 0 Å². The molecule has 0 bridgehead atoms. The van der Waals surface area contributed by atoms with Crippen LogP contribution in [-0.2, 0) is 14.4 Å². The largest absolute Gasteiger partial charge is 0.354 e. The van der Waals surface area contributed by atoms with E-state index in [9.17, 15) is 14.4 Å². The molecule has 3 amide bonds. The van der Waals surface area contributed by atoms with Gasteiger partial charge in [0.05, 0.1) is 18.0 Å². The van der Waals surface area contributed by atoms with Crippen molar-refractivity contribution in [3.8, 4) is 0 Å². The second-order valence-electron chi connectivity index (χ2n) is 16.2. The van der Waals surface area contributed by atoms with Gasteiger partial charge < -0.3 is 15.1 Å². The third-order valence-corrected chi connectivity index (χ3v) is 10.7. The molecule has 44 heavy (non-hydrogen) atoms. The Morgan fingerprint density at radius 2 is 1.64 bits per heavy atom. The number of rotatable bonds is 6. The first kappa shape index (κ1) is 35.0. The van der Waals surface area contributed by atoms with Crippen LogP contribution in [0, 0.1) is 16.7 Å². The lowest BCUT2D eigenvalue weighted by Crippen LogP contribution is -2.54. The standard InChI is InChI=1S/C35H54Cl2N4O3/c1-22(42)38-20-25-19-26(41(32(44)33(2,3)4)24-12-15-35(8,9)16-13-24)21-39(25)31(43)28-14-17-40(34(5,6)7)30(28)27-11-10-23(36)18-29(27)37/h10-11,18,24-26,28,30H,12-17,19-21H2,1-9H3,(H,38,42)/t25-,26-,28-,30?/m0/s1. The van der Waals surface area contributed by atoms with E-state index < -0.39 is 5.41 Å². The lowest BCUT2D eigenvalue weighted by molar-refractivity contribution is -0.147. The van der Waals surface area contributed by atoms with E-state index in [2.05, 4.69) is 49.7 Å². The minimum absolute atomic E-state index is 0.0681. The Bertz CT molecular complexity index is 1230. The normalized spacial score (nSPS) is 26.6. The van der Waals surface area contributed by atoms with Gasteiger partial charge in [-0.2, -0.15) is 0 Å². The molecule has 2 heterocycles. The molecular formula is C35H54Cl2N4O3. The second-order valence-corrected chi connectivity index (χ2v) is 17.0. The summed E-state index contributed by atoms with van der Waals surface area (Å²) in [6.07, 6.45) is 5.44. The fourth-order valence-corrected chi connectivity index (χ4v) is 8.16. The molecule has 246 valence electrons. The minimum Gasteiger partial charge on any atom is -0.354 e. The summed E-state index contributed by atoms with van der Waals surface area (Å²) >= 11 is 13.1. The van der Waals surface area contributed by atoms with E-state index in [0.717, 1.165) is 37.8 Å². The van der Waals surface area contributed by atoms with Gasteiger partial charge in [0.25, 0.3) is 0 Å². The average Bonchev–Trinajstić information content (AvgIpc) is 3.53. The smallest absolute Gasteiger partial charge is 0.228 e. The molecule has 4 rings (SSSR count). The molecule has 0 radical (unpaired) electrons. The van der Waals surface area contributed by atoms with Crippen molar-refractivity contribution in [2.24, 2.45) is 16.7 Å². The van der Waals surface area contributed by atoms with Crippen LogP contribution in [0.2, 0.25) is 10.0 Å². The van der Waals surface area contributed by atoms with E-state index >= 15 is 0 Å². The van der Waals surface area contributed by atoms with Crippen molar-refractivity contribution in [3.05, 3.63) is 33.8 Å². The van der Waals surface area contributed by atoms with Crippen molar-refractivity contribution in [3.63, 3.8) is 0 Å². The van der Waals surface area contributed by atoms with Crippen LogP contribution in [0.15, 0.2) is 18.2 Å². The van der Waals surface area contributed by atoms with Crippen LogP contribution in [0.1, 0.15) is 112 Å². The first-order valence-electron chi connectivity index (χ1n) is 16.4. The first-order valence-corrected chi connectivity index (χ1v) is 17.1. The molecule has 1 saturated carbocycles. The van der Waals surface area contributed by atoms with Gasteiger partial charge in [-0.05, 0) is 82.4 Å². The Kier molecular flexibility index (Phi) is 10.4. The molecule has 1 aliphatic carbocycles. The van der Waals surface area contributed by atoms with Crippen molar-refractivity contribution >= 4 is 40.9 Å². The summed E-state index contributed by atoms with van der Waals surface area (Å²) in [4.78, 5) is 47.4. The number of benzene rings is 1. The van der Waals surface area contributed by atoms with Gasteiger partial charge in [0.2, 0.25) is 17.7 Å². The molecule has 1 aromatic rings. The van der Waals surface area contributed by atoms with E-state index in [4.69, 9.17) is 23.2 Å². The van der Waals surface area contributed by atoms with Crippen LogP contribution in [0.25, 0.3) is 0 Å². The summed E-state index contributed by atoms with van der Waals surface area (Å²) in [6.45, 7) is 20.2. The van der Waals surface area contributed by atoms with Gasteiger partial charge in [-0.3, -0.25) is 19.3 Å². The molecule has 4 atom stereocenters. The number of nitrogens with one attached hydrogen (secondary N) is 1. The molecular weight excluding hydrogens is 595 g/mol. The van der Waals surface area contributed by atoms with Gasteiger partial charge in [-0.1, -0.05) is 63.9 Å². The van der Waals surface area contributed by atoms with Crippen LogP contribution >= 0.6 is 23.2 Å². The summed E-state index contributed by atoms with van der Waals surface area (Å²) in [7, 11) is 0. The third-order valence-electron chi connectivity index (χ3n) is 10.1. The Balaban J connectivity index is 1.69. The number of amides is 3. The summed E-state index contributed by atoms with van der Waals surface area (Å²) in [5, 5.41) is 4.11. The third kappa shape index (κ3) is 7.75. The van der Waals surface area contributed by atoms with Crippen molar-refractivity contribution in [2.45, 2.75) is 131 Å². The van der Waals surface area contributed by atoms with Gasteiger partial charge in [-0.15, -0.1) is 0 Å². The molecule has 7 nitrogen and oxygen atoms in total. The van der Waals surface area contributed by atoms with Crippen LogP contribution in [0.3, 0.4) is 0 Å². The summed E-state index contributed by atoms with van der Waals surface area (Å²) in [5.41, 5.74) is 0.464.